The number of hydrogen-bond donors (Lipinski definition) is 4. The van der Waals surface area contributed by atoms with Crippen LogP contribution in [0, 0.1) is 5.82 Å². The summed E-state index contributed by atoms with van der Waals surface area (Å²) in [4.78, 5) is 50.0. The van der Waals surface area contributed by atoms with Gasteiger partial charge in [0.25, 0.3) is 5.56 Å². The Kier molecular flexibility index (Phi) is 6.35. The van der Waals surface area contributed by atoms with Crippen molar-refractivity contribution in [2.45, 2.75) is 62.3 Å². The summed E-state index contributed by atoms with van der Waals surface area (Å²) in [5, 5.41) is 19.9. The quantitative estimate of drug-likeness (QED) is 0.447. The molecule has 2 aliphatic heterocycles. The van der Waals surface area contributed by atoms with E-state index in [9.17, 15) is 28.7 Å². The molecule has 31 heavy (non-hydrogen) atoms. The average Bonchev–Trinajstić information content (AvgIpc) is 2.69. The van der Waals surface area contributed by atoms with Crippen molar-refractivity contribution >= 4 is 11.9 Å². The molecule has 0 aromatic carbocycles. The van der Waals surface area contributed by atoms with Gasteiger partial charge in [-0.05, 0) is 26.2 Å². The van der Waals surface area contributed by atoms with Crippen LogP contribution in [0.15, 0.2) is 15.8 Å². The van der Waals surface area contributed by atoms with Gasteiger partial charge >= 0.3 is 11.7 Å². The van der Waals surface area contributed by atoms with Crippen LogP contribution in [0.2, 0.25) is 0 Å². The number of ether oxygens (including phenoxy) is 1. The lowest BCUT2D eigenvalue weighted by atomic mass is 9.75. The Morgan fingerprint density at radius 2 is 2.03 bits per heavy atom. The van der Waals surface area contributed by atoms with E-state index >= 15 is 0 Å². The summed E-state index contributed by atoms with van der Waals surface area (Å²) in [5.41, 5.74) is 1.34. The van der Waals surface area contributed by atoms with Crippen LogP contribution < -0.4 is 17.0 Å². The van der Waals surface area contributed by atoms with Gasteiger partial charge in [0.1, 0.15) is 6.04 Å². The Morgan fingerprint density at radius 3 is 2.61 bits per heavy atom. The SMILES string of the molecule is C[C@]1(O)CC2(CCN(C(=O)CC[C@H](N)C(=O)O)CC2)OC[C@@H]1n1cc(F)c(=O)[nH]c1=O. The molecule has 2 saturated heterocycles. The van der Waals surface area contributed by atoms with Crippen molar-refractivity contribution in [2.75, 3.05) is 19.7 Å². The molecule has 0 saturated carbocycles. The first-order valence-corrected chi connectivity index (χ1v) is 10.1. The van der Waals surface area contributed by atoms with E-state index < -0.39 is 46.3 Å². The third-order valence-corrected chi connectivity index (χ3v) is 6.22. The van der Waals surface area contributed by atoms with Gasteiger partial charge in [-0.3, -0.25) is 23.9 Å². The van der Waals surface area contributed by atoms with Crippen molar-refractivity contribution in [3.63, 3.8) is 0 Å². The number of halogens is 1. The zero-order chi connectivity index (χ0) is 23.0. The number of aliphatic hydroxyl groups is 1. The molecule has 3 rings (SSSR count). The number of nitrogens with one attached hydrogen (secondary N) is 1. The van der Waals surface area contributed by atoms with Gasteiger partial charge < -0.3 is 25.6 Å². The molecule has 0 bridgehead atoms. The van der Waals surface area contributed by atoms with Crippen molar-refractivity contribution < 1.29 is 28.9 Å². The molecule has 5 N–H and O–H groups in total. The second-order valence-electron chi connectivity index (χ2n) is 8.55. The minimum Gasteiger partial charge on any atom is -0.480 e. The third kappa shape index (κ3) is 4.86. The van der Waals surface area contributed by atoms with Crippen molar-refractivity contribution in [2.24, 2.45) is 5.73 Å². The molecule has 1 spiro atoms. The molecular weight excluding hydrogens is 415 g/mol. The molecule has 0 aliphatic carbocycles. The monoisotopic (exact) mass is 442 g/mol. The number of carboxylic acids is 1. The summed E-state index contributed by atoms with van der Waals surface area (Å²) < 4.78 is 20.6. The first kappa shape index (κ1) is 23.1. The number of carbonyl (C=O) groups excluding carboxylic acids is 1. The topological polar surface area (TPSA) is 168 Å². The van der Waals surface area contributed by atoms with Crippen LogP contribution in [0.3, 0.4) is 0 Å². The van der Waals surface area contributed by atoms with E-state index in [2.05, 4.69) is 0 Å². The number of hydrogen-bond acceptors (Lipinski definition) is 7. The minimum absolute atomic E-state index is 0.0296. The fourth-order valence-corrected chi connectivity index (χ4v) is 4.37. The van der Waals surface area contributed by atoms with Gasteiger partial charge in [0.15, 0.2) is 0 Å². The van der Waals surface area contributed by atoms with Crippen LogP contribution in [0.5, 0.6) is 0 Å². The van der Waals surface area contributed by atoms with E-state index in [0.29, 0.717) is 25.9 Å². The number of aromatic nitrogens is 2. The molecule has 3 heterocycles. The highest BCUT2D eigenvalue weighted by atomic mass is 19.1. The molecule has 2 aliphatic rings. The summed E-state index contributed by atoms with van der Waals surface area (Å²) >= 11 is 0. The lowest BCUT2D eigenvalue weighted by Crippen LogP contribution is -2.59. The Labute approximate surface area is 176 Å². The first-order valence-electron chi connectivity index (χ1n) is 10.1. The zero-order valence-corrected chi connectivity index (χ0v) is 17.2. The van der Waals surface area contributed by atoms with Gasteiger partial charge in [-0.2, -0.15) is 4.39 Å². The number of aromatic amines is 1. The molecule has 3 atom stereocenters. The number of rotatable bonds is 5. The molecule has 0 unspecified atom stereocenters. The van der Waals surface area contributed by atoms with E-state index in [-0.39, 0.29) is 31.8 Å². The van der Waals surface area contributed by atoms with E-state index in [0.717, 1.165) is 10.8 Å². The lowest BCUT2D eigenvalue weighted by Gasteiger charge is -2.51. The molecule has 2 fully saturated rings. The summed E-state index contributed by atoms with van der Waals surface area (Å²) in [5.74, 6) is -2.48. The van der Waals surface area contributed by atoms with E-state index in [1.807, 2.05) is 4.98 Å². The van der Waals surface area contributed by atoms with Crippen LogP contribution in [0.1, 0.15) is 45.1 Å². The van der Waals surface area contributed by atoms with Gasteiger partial charge in [0.2, 0.25) is 11.7 Å². The molecule has 0 radical (unpaired) electrons. The van der Waals surface area contributed by atoms with Gasteiger partial charge in [0.05, 0.1) is 30.0 Å². The van der Waals surface area contributed by atoms with Crippen molar-refractivity contribution in [3.8, 4) is 0 Å². The van der Waals surface area contributed by atoms with Crippen LogP contribution in [0.4, 0.5) is 4.39 Å². The van der Waals surface area contributed by atoms with E-state index in [4.69, 9.17) is 15.6 Å². The highest BCUT2D eigenvalue weighted by molar-refractivity contribution is 5.78. The number of aliphatic carboxylic acids is 1. The van der Waals surface area contributed by atoms with Crippen molar-refractivity contribution in [1.29, 1.82) is 0 Å². The summed E-state index contributed by atoms with van der Waals surface area (Å²) in [7, 11) is 0. The largest absolute Gasteiger partial charge is 0.480 e. The van der Waals surface area contributed by atoms with Crippen molar-refractivity contribution in [1.82, 2.24) is 14.5 Å². The number of carboxylic acid groups (broad SMARTS) is 1. The fraction of sp³-hybridized carbons (Fsp3) is 0.684. The van der Waals surface area contributed by atoms with Gasteiger partial charge in [0, 0.05) is 25.9 Å². The Bertz CT molecular complexity index is 965. The van der Waals surface area contributed by atoms with Gasteiger partial charge in [-0.25, -0.2) is 4.79 Å². The van der Waals surface area contributed by atoms with Crippen LogP contribution in [-0.2, 0) is 14.3 Å². The Hall–Kier alpha value is -2.57. The highest BCUT2D eigenvalue weighted by Crippen LogP contribution is 2.43. The Balaban J connectivity index is 1.64. The maximum atomic E-state index is 13.7. The summed E-state index contributed by atoms with van der Waals surface area (Å²) in [6.07, 6.45) is 1.90. The fourth-order valence-electron chi connectivity index (χ4n) is 4.37. The number of likely N-dealkylation sites (tertiary alicyclic amines) is 1. The Morgan fingerprint density at radius 1 is 1.39 bits per heavy atom. The number of H-pyrrole nitrogens is 1. The minimum atomic E-state index is -1.42. The zero-order valence-electron chi connectivity index (χ0n) is 17.2. The number of amides is 1. The average molecular weight is 442 g/mol. The predicted octanol–water partition coefficient (Wildman–Crippen LogP) is -1.06. The third-order valence-electron chi connectivity index (χ3n) is 6.22. The molecule has 1 amide bonds. The molecule has 12 heteroatoms. The standard InChI is InChI=1S/C19H27FN4O7/c1-18(30)10-19(31-9-13(18)24-8-11(20)15(26)22-17(24)29)4-6-23(7-5-19)14(25)3-2-12(21)16(27)28/h8,12-13,30H,2-7,9-10,21H2,1H3,(H,27,28)(H,22,26,29)/t12-,13-,18-/m0/s1. The van der Waals surface area contributed by atoms with E-state index in [1.165, 1.54) is 6.92 Å². The van der Waals surface area contributed by atoms with Crippen LogP contribution in [0.25, 0.3) is 0 Å². The number of nitrogens with zero attached hydrogens (tertiary/aromatic N) is 2. The van der Waals surface area contributed by atoms with Crippen LogP contribution in [-0.4, -0.2) is 73.5 Å². The van der Waals surface area contributed by atoms with Crippen molar-refractivity contribution in [3.05, 3.63) is 32.9 Å². The second kappa shape index (κ2) is 8.52. The van der Waals surface area contributed by atoms with Gasteiger partial charge in [-0.15, -0.1) is 0 Å². The number of nitrogens with two attached hydrogens (primary N) is 1. The summed E-state index contributed by atoms with van der Waals surface area (Å²) in [6.45, 7) is 2.20. The molecule has 11 nitrogen and oxygen atoms in total. The lowest BCUT2D eigenvalue weighted by molar-refractivity contribution is -0.198. The highest BCUT2D eigenvalue weighted by Gasteiger charge is 2.50. The number of carbonyl (C=O) groups is 2. The second-order valence-corrected chi connectivity index (χ2v) is 8.55. The number of piperidine rings is 1. The smallest absolute Gasteiger partial charge is 0.328 e. The maximum absolute atomic E-state index is 13.7. The molecular formula is C19H27FN4O7. The molecule has 172 valence electrons. The predicted molar refractivity (Wildman–Crippen MR) is 105 cm³/mol. The van der Waals surface area contributed by atoms with E-state index in [1.54, 1.807) is 4.90 Å². The summed E-state index contributed by atoms with van der Waals surface area (Å²) in [6, 6.07) is -1.98. The van der Waals surface area contributed by atoms with Crippen LogP contribution >= 0.6 is 0 Å². The first-order chi connectivity index (χ1) is 14.4. The van der Waals surface area contributed by atoms with Gasteiger partial charge in [-0.1, -0.05) is 0 Å². The molecule has 1 aromatic rings. The molecule has 1 aromatic heterocycles. The normalized spacial score (nSPS) is 26.6. The maximum Gasteiger partial charge on any atom is 0.328 e.